The molecule has 6 heteroatoms. The predicted molar refractivity (Wildman–Crippen MR) is 115 cm³/mol. The van der Waals surface area contributed by atoms with E-state index >= 15 is 0 Å². The van der Waals surface area contributed by atoms with Crippen molar-refractivity contribution in [3.8, 4) is 11.1 Å². The minimum Gasteiger partial charge on any atom is -0.478 e. The third-order valence-electron chi connectivity index (χ3n) is 5.25. The molecule has 2 N–H and O–H groups in total. The Morgan fingerprint density at radius 1 is 1.00 bits per heavy atom. The normalized spacial score (nSPS) is 12.4. The largest absolute Gasteiger partial charge is 0.478 e. The van der Waals surface area contributed by atoms with E-state index in [1.165, 1.54) is 18.2 Å². The number of amides is 1. The van der Waals surface area contributed by atoms with E-state index in [0.29, 0.717) is 5.56 Å². The number of carbonyl (C=O) groups excluding carboxylic acids is 1. The Hall–Kier alpha value is -3.93. The van der Waals surface area contributed by atoms with Gasteiger partial charge in [-0.15, -0.1) is 0 Å². The van der Waals surface area contributed by atoms with E-state index in [4.69, 9.17) is 9.84 Å². The Labute approximate surface area is 178 Å². The molecule has 31 heavy (non-hydrogen) atoms. The highest BCUT2D eigenvalue weighted by atomic mass is 19.1. The van der Waals surface area contributed by atoms with Crippen molar-refractivity contribution in [1.29, 1.82) is 0 Å². The standard InChI is InChI=1S/C25H20FNO4/c26-17-12-11-16(22(14-17)24(28)29)6-5-13-27-25(30)31-15-23-20-9-3-1-7-18(20)19-8-2-4-10-21(19)23/h1-12,14,23H,13,15H2,(H,27,30)(H,28,29). The number of alkyl carbamates (subject to hydrolysis) is 1. The highest BCUT2D eigenvalue weighted by Crippen LogP contribution is 2.44. The van der Waals surface area contributed by atoms with Gasteiger partial charge in [0.25, 0.3) is 0 Å². The van der Waals surface area contributed by atoms with Crippen molar-refractivity contribution in [3.63, 3.8) is 0 Å². The van der Waals surface area contributed by atoms with Crippen molar-refractivity contribution in [2.45, 2.75) is 5.92 Å². The van der Waals surface area contributed by atoms with Crippen LogP contribution in [0.4, 0.5) is 9.18 Å². The molecule has 0 unspecified atom stereocenters. The number of carboxylic acids is 1. The minimum absolute atomic E-state index is 0.0222. The van der Waals surface area contributed by atoms with Crippen molar-refractivity contribution in [2.75, 3.05) is 13.2 Å². The summed E-state index contributed by atoms with van der Waals surface area (Å²) in [4.78, 5) is 23.4. The summed E-state index contributed by atoms with van der Waals surface area (Å²) in [5, 5.41) is 11.8. The van der Waals surface area contributed by atoms with Crippen molar-refractivity contribution in [2.24, 2.45) is 0 Å². The lowest BCUT2D eigenvalue weighted by Gasteiger charge is -2.14. The van der Waals surface area contributed by atoms with Crippen molar-refractivity contribution in [1.82, 2.24) is 5.32 Å². The van der Waals surface area contributed by atoms with Gasteiger partial charge in [0.15, 0.2) is 0 Å². The van der Waals surface area contributed by atoms with Gasteiger partial charge in [-0.1, -0.05) is 66.7 Å². The maximum Gasteiger partial charge on any atom is 0.407 e. The molecule has 4 rings (SSSR count). The van der Waals surface area contributed by atoms with Gasteiger partial charge in [0, 0.05) is 12.5 Å². The number of fused-ring (bicyclic) bond motifs is 3. The van der Waals surface area contributed by atoms with Crippen molar-refractivity contribution < 1.29 is 23.8 Å². The molecular weight excluding hydrogens is 397 g/mol. The van der Waals surface area contributed by atoms with E-state index in [0.717, 1.165) is 28.3 Å². The fourth-order valence-electron chi connectivity index (χ4n) is 3.84. The molecule has 1 amide bonds. The third kappa shape index (κ3) is 4.33. The van der Waals surface area contributed by atoms with Gasteiger partial charge in [-0.25, -0.2) is 14.0 Å². The number of halogens is 1. The zero-order chi connectivity index (χ0) is 21.8. The molecule has 0 spiro atoms. The number of ether oxygens (including phenoxy) is 1. The third-order valence-corrected chi connectivity index (χ3v) is 5.25. The molecule has 0 bridgehead atoms. The van der Waals surface area contributed by atoms with Crippen LogP contribution in [0.15, 0.2) is 72.8 Å². The van der Waals surface area contributed by atoms with Crippen LogP contribution < -0.4 is 5.32 Å². The molecule has 0 saturated heterocycles. The Kier molecular flexibility index (Phi) is 5.80. The Morgan fingerprint density at radius 2 is 1.65 bits per heavy atom. The number of carbonyl (C=O) groups is 2. The highest BCUT2D eigenvalue weighted by Gasteiger charge is 2.28. The Bertz CT molecular complexity index is 1130. The summed E-state index contributed by atoms with van der Waals surface area (Å²) in [6, 6.07) is 19.7. The molecule has 156 valence electrons. The van der Waals surface area contributed by atoms with Gasteiger partial charge in [-0.3, -0.25) is 0 Å². The Balaban J connectivity index is 1.35. The second kappa shape index (κ2) is 8.83. The quantitative estimate of drug-likeness (QED) is 0.587. The van der Waals surface area contributed by atoms with Crippen molar-refractivity contribution >= 4 is 18.1 Å². The van der Waals surface area contributed by atoms with Crippen LogP contribution in [0.5, 0.6) is 0 Å². The minimum atomic E-state index is -1.22. The molecule has 0 fully saturated rings. The van der Waals surface area contributed by atoms with E-state index in [9.17, 15) is 14.0 Å². The van der Waals surface area contributed by atoms with E-state index in [1.807, 2.05) is 36.4 Å². The molecule has 0 aromatic heterocycles. The lowest BCUT2D eigenvalue weighted by atomic mass is 9.98. The zero-order valence-corrected chi connectivity index (χ0v) is 16.5. The van der Waals surface area contributed by atoms with E-state index < -0.39 is 17.9 Å². The number of carboxylic acid groups (broad SMARTS) is 1. The molecule has 0 heterocycles. The Morgan fingerprint density at radius 3 is 2.29 bits per heavy atom. The summed E-state index contributed by atoms with van der Waals surface area (Å²) in [5.41, 5.74) is 4.79. The summed E-state index contributed by atoms with van der Waals surface area (Å²) in [5.74, 6) is -1.86. The summed E-state index contributed by atoms with van der Waals surface area (Å²) in [6.07, 6.45) is 2.54. The van der Waals surface area contributed by atoms with Crippen LogP contribution in [0.25, 0.3) is 17.2 Å². The number of aromatic carboxylic acids is 1. The molecule has 0 saturated carbocycles. The fraction of sp³-hybridized carbons (Fsp3) is 0.120. The maximum atomic E-state index is 13.2. The fourth-order valence-corrected chi connectivity index (χ4v) is 3.84. The van der Waals surface area contributed by atoms with Crippen LogP contribution in [0.3, 0.4) is 0 Å². The first-order valence-corrected chi connectivity index (χ1v) is 9.83. The highest BCUT2D eigenvalue weighted by molar-refractivity contribution is 5.92. The number of benzene rings is 3. The second-order valence-corrected chi connectivity index (χ2v) is 7.15. The van der Waals surface area contributed by atoms with Crippen LogP contribution in [0, 0.1) is 5.82 Å². The molecular formula is C25H20FNO4. The monoisotopic (exact) mass is 417 g/mol. The molecule has 0 atom stereocenters. The van der Waals surface area contributed by atoms with E-state index in [-0.39, 0.29) is 24.6 Å². The molecule has 1 aliphatic rings. The lowest BCUT2D eigenvalue weighted by Crippen LogP contribution is -2.26. The van der Waals surface area contributed by atoms with Gasteiger partial charge in [0.1, 0.15) is 12.4 Å². The smallest absolute Gasteiger partial charge is 0.407 e. The molecule has 3 aromatic rings. The average molecular weight is 417 g/mol. The number of rotatable bonds is 6. The topological polar surface area (TPSA) is 75.6 Å². The first kappa shape index (κ1) is 20.3. The molecule has 0 radical (unpaired) electrons. The maximum absolute atomic E-state index is 13.2. The van der Waals surface area contributed by atoms with Crippen LogP contribution in [0.2, 0.25) is 0 Å². The number of hydrogen-bond acceptors (Lipinski definition) is 3. The zero-order valence-electron chi connectivity index (χ0n) is 16.5. The average Bonchev–Trinajstić information content (AvgIpc) is 3.10. The van der Waals surface area contributed by atoms with Gasteiger partial charge in [0.05, 0.1) is 5.56 Å². The van der Waals surface area contributed by atoms with Gasteiger partial charge in [-0.05, 0) is 39.9 Å². The number of nitrogens with one attached hydrogen (secondary N) is 1. The van der Waals surface area contributed by atoms with Crippen molar-refractivity contribution in [3.05, 3.63) is 101 Å². The summed E-state index contributed by atoms with van der Waals surface area (Å²) >= 11 is 0. The predicted octanol–water partition coefficient (Wildman–Crippen LogP) is 5.08. The first-order chi connectivity index (χ1) is 15.0. The molecule has 0 aliphatic heterocycles. The van der Waals surface area contributed by atoms with E-state index in [1.54, 1.807) is 6.08 Å². The second-order valence-electron chi connectivity index (χ2n) is 7.15. The van der Waals surface area contributed by atoms with Crippen LogP contribution in [-0.4, -0.2) is 30.3 Å². The molecule has 1 aliphatic carbocycles. The van der Waals surface area contributed by atoms with Gasteiger partial charge in [-0.2, -0.15) is 0 Å². The van der Waals surface area contributed by atoms with E-state index in [2.05, 4.69) is 17.4 Å². The summed E-state index contributed by atoms with van der Waals surface area (Å²) < 4.78 is 18.7. The van der Waals surface area contributed by atoms with Crippen LogP contribution in [0.1, 0.15) is 33.0 Å². The SMILES string of the molecule is O=C(NCC=Cc1ccc(F)cc1C(=O)O)OCC1c2ccccc2-c2ccccc21. The molecule has 3 aromatic carbocycles. The summed E-state index contributed by atoms with van der Waals surface area (Å²) in [7, 11) is 0. The summed E-state index contributed by atoms with van der Waals surface area (Å²) in [6.45, 7) is 0.359. The first-order valence-electron chi connectivity index (χ1n) is 9.83. The van der Waals surface area contributed by atoms with Crippen LogP contribution >= 0.6 is 0 Å². The number of hydrogen-bond donors (Lipinski definition) is 2. The van der Waals surface area contributed by atoms with Gasteiger partial charge in [0.2, 0.25) is 0 Å². The van der Waals surface area contributed by atoms with Crippen LogP contribution in [-0.2, 0) is 4.74 Å². The lowest BCUT2D eigenvalue weighted by molar-refractivity contribution is 0.0696. The molecule has 5 nitrogen and oxygen atoms in total. The van der Waals surface area contributed by atoms with Gasteiger partial charge < -0.3 is 15.2 Å². The van der Waals surface area contributed by atoms with Gasteiger partial charge >= 0.3 is 12.1 Å².